The van der Waals surface area contributed by atoms with Crippen LogP contribution in [-0.4, -0.2) is 15.9 Å². The predicted octanol–water partition coefficient (Wildman–Crippen LogP) is 1.49. The van der Waals surface area contributed by atoms with E-state index in [0.717, 1.165) is 11.3 Å². The molecule has 1 atom stereocenters. The zero-order chi connectivity index (χ0) is 10.3. The average Bonchev–Trinajstić information content (AvgIpc) is 2.82. The summed E-state index contributed by atoms with van der Waals surface area (Å²) >= 11 is 0. The lowest BCUT2D eigenvalue weighted by Gasteiger charge is -2.03. The van der Waals surface area contributed by atoms with Crippen LogP contribution in [0.2, 0.25) is 0 Å². The molecule has 0 spiro atoms. The predicted molar refractivity (Wildman–Crippen MR) is 55.5 cm³/mol. The van der Waals surface area contributed by atoms with Crippen LogP contribution in [0.3, 0.4) is 0 Å². The topological polar surface area (TPSA) is 57.8 Å². The van der Waals surface area contributed by atoms with Crippen molar-refractivity contribution in [1.82, 2.24) is 9.97 Å². The third-order valence-electron chi connectivity index (χ3n) is 2.58. The van der Waals surface area contributed by atoms with E-state index >= 15 is 0 Å². The van der Waals surface area contributed by atoms with Gasteiger partial charge in [0.15, 0.2) is 0 Å². The van der Waals surface area contributed by atoms with E-state index in [1.807, 2.05) is 24.3 Å². The number of rotatable bonds is 1. The molecule has 4 nitrogen and oxygen atoms in total. The minimum atomic E-state index is -0.295. The second-order valence-electron chi connectivity index (χ2n) is 3.48. The maximum atomic E-state index is 11.8. The molecule has 1 unspecified atom stereocenters. The number of nitrogens with zero attached hydrogens (tertiary/aromatic N) is 1. The lowest BCUT2D eigenvalue weighted by Crippen LogP contribution is -2.14. The van der Waals surface area contributed by atoms with E-state index in [1.54, 1.807) is 12.4 Å². The van der Waals surface area contributed by atoms with Gasteiger partial charge >= 0.3 is 0 Å². The van der Waals surface area contributed by atoms with E-state index in [9.17, 15) is 4.79 Å². The fraction of sp³-hybridized carbons (Fsp3) is 0.0909. The zero-order valence-electron chi connectivity index (χ0n) is 7.90. The molecule has 0 saturated heterocycles. The third-order valence-corrected chi connectivity index (χ3v) is 2.58. The summed E-state index contributed by atoms with van der Waals surface area (Å²) in [6.45, 7) is 0. The van der Waals surface area contributed by atoms with Crippen LogP contribution in [0.5, 0.6) is 0 Å². The van der Waals surface area contributed by atoms with Crippen LogP contribution in [0.15, 0.2) is 36.7 Å². The first-order chi connectivity index (χ1) is 7.36. The Bertz CT molecular complexity index is 504. The highest BCUT2D eigenvalue weighted by molar-refractivity contribution is 6.04. The van der Waals surface area contributed by atoms with Crippen molar-refractivity contribution in [3.05, 3.63) is 48.0 Å². The number of fused-ring (bicyclic) bond motifs is 1. The van der Waals surface area contributed by atoms with Crippen LogP contribution in [0.4, 0.5) is 5.69 Å². The summed E-state index contributed by atoms with van der Waals surface area (Å²) in [4.78, 5) is 18.9. The number of para-hydroxylation sites is 1. The molecule has 2 aromatic rings. The van der Waals surface area contributed by atoms with Gasteiger partial charge in [-0.25, -0.2) is 4.98 Å². The summed E-state index contributed by atoms with van der Waals surface area (Å²) in [7, 11) is 0. The lowest BCUT2D eigenvalue weighted by molar-refractivity contribution is -0.116. The molecule has 0 saturated carbocycles. The van der Waals surface area contributed by atoms with Crippen LogP contribution in [-0.2, 0) is 4.79 Å². The van der Waals surface area contributed by atoms with Crippen LogP contribution in [0.25, 0.3) is 0 Å². The van der Waals surface area contributed by atoms with E-state index in [4.69, 9.17) is 0 Å². The Kier molecular flexibility index (Phi) is 1.62. The molecule has 0 radical (unpaired) electrons. The fourth-order valence-electron chi connectivity index (χ4n) is 1.92. The summed E-state index contributed by atoms with van der Waals surface area (Å²) < 4.78 is 0. The molecule has 2 heterocycles. The van der Waals surface area contributed by atoms with Crippen LogP contribution in [0, 0.1) is 0 Å². The fourth-order valence-corrected chi connectivity index (χ4v) is 1.92. The number of aromatic amines is 1. The number of hydrogen-bond donors (Lipinski definition) is 2. The minimum Gasteiger partial charge on any atom is -0.348 e. The van der Waals surface area contributed by atoms with Crippen molar-refractivity contribution in [3.8, 4) is 0 Å². The Morgan fingerprint density at radius 1 is 1.27 bits per heavy atom. The molecular formula is C11H9N3O. The minimum absolute atomic E-state index is 0.0221. The standard InChI is InChI=1S/C11H9N3O/c15-11-9(10-12-5-6-13-10)7-3-1-2-4-8(7)14-11/h1-6,9H,(H,12,13)(H,14,15). The van der Waals surface area contributed by atoms with Gasteiger partial charge in [0.2, 0.25) is 5.91 Å². The van der Waals surface area contributed by atoms with Gasteiger partial charge in [-0.3, -0.25) is 4.79 Å². The Morgan fingerprint density at radius 2 is 2.13 bits per heavy atom. The van der Waals surface area contributed by atoms with E-state index in [2.05, 4.69) is 15.3 Å². The van der Waals surface area contributed by atoms with E-state index in [-0.39, 0.29) is 11.8 Å². The number of carbonyl (C=O) groups is 1. The van der Waals surface area contributed by atoms with Crippen molar-refractivity contribution in [2.45, 2.75) is 5.92 Å². The summed E-state index contributed by atoms with van der Waals surface area (Å²) in [5.41, 5.74) is 1.86. The molecule has 1 aromatic heterocycles. The number of amides is 1. The Balaban J connectivity index is 2.14. The molecule has 1 amide bonds. The molecule has 0 fully saturated rings. The summed E-state index contributed by atoms with van der Waals surface area (Å²) in [5.74, 6) is 0.375. The van der Waals surface area contributed by atoms with Crippen LogP contribution < -0.4 is 5.32 Å². The van der Waals surface area contributed by atoms with Crippen molar-refractivity contribution in [3.63, 3.8) is 0 Å². The summed E-state index contributed by atoms with van der Waals surface area (Å²) in [6.07, 6.45) is 3.38. The molecule has 1 aromatic carbocycles. The zero-order valence-corrected chi connectivity index (χ0v) is 7.90. The SMILES string of the molecule is O=C1Nc2ccccc2C1c1ncc[nH]1. The first-order valence-electron chi connectivity index (χ1n) is 4.75. The number of anilines is 1. The Hall–Kier alpha value is -2.10. The maximum Gasteiger partial charge on any atom is 0.239 e. The monoisotopic (exact) mass is 199 g/mol. The van der Waals surface area contributed by atoms with Crippen molar-refractivity contribution >= 4 is 11.6 Å². The van der Waals surface area contributed by atoms with Gasteiger partial charge in [0, 0.05) is 18.1 Å². The van der Waals surface area contributed by atoms with Gasteiger partial charge in [-0.15, -0.1) is 0 Å². The average molecular weight is 199 g/mol. The number of carbonyl (C=O) groups excluding carboxylic acids is 1. The summed E-state index contributed by atoms with van der Waals surface area (Å²) in [5, 5.41) is 2.84. The molecule has 0 bridgehead atoms. The van der Waals surface area contributed by atoms with Gasteiger partial charge < -0.3 is 10.3 Å². The highest BCUT2D eigenvalue weighted by Gasteiger charge is 2.33. The van der Waals surface area contributed by atoms with Crippen LogP contribution in [0.1, 0.15) is 17.3 Å². The quantitative estimate of drug-likeness (QED) is 0.731. The number of imidazole rings is 1. The molecule has 74 valence electrons. The molecule has 1 aliphatic heterocycles. The molecule has 1 aliphatic rings. The van der Waals surface area contributed by atoms with Crippen molar-refractivity contribution in [2.75, 3.05) is 5.32 Å². The van der Waals surface area contributed by atoms with Crippen LogP contribution >= 0.6 is 0 Å². The number of H-pyrrole nitrogens is 1. The number of nitrogens with one attached hydrogen (secondary N) is 2. The molecule has 3 rings (SSSR count). The highest BCUT2D eigenvalue weighted by Crippen LogP contribution is 2.34. The number of benzene rings is 1. The van der Waals surface area contributed by atoms with Gasteiger partial charge in [0.25, 0.3) is 0 Å². The normalized spacial score (nSPS) is 18.7. The Labute approximate surface area is 86.4 Å². The molecule has 2 N–H and O–H groups in total. The van der Waals surface area contributed by atoms with E-state index in [0.29, 0.717) is 5.82 Å². The Morgan fingerprint density at radius 3 is 2.93 bits per heavy atom. The second-order valence-corrected chi connectivity index (χ2v) is 3.48. The molecular weight excluding hydrogens is 190 g/mol. The molecule has 0 aliphatic carbocycles. The van der Waals surface area contributed by atoms with Gasteiger partial charge in [-0.2, -0.15) is 0 Å². The molecule has 15 heavy (non-hydrogen) atoms. The molecule has 4 heteroatoms. The van der Waals surface area contributed by atoms with Gasteiger partial charge in [-0.1, -0.05) is 18.2 Å². The van der Waals surface area contributed by atoms with E-state index < -0.39 is 0 Å². The first-order valence-corrected chi connectivity index (χ1v) is 4.75. The first kappa shape index (κ1) is 8.23. The third kappa shape index (κ3) is 1.15. The number of aromatic nitrogens is 2. The smallest absolute Gasteiger partial charge is 0.239 e. The van der Waals surface area contributed by atoms with E-state index in [1.165, 1.54) is 0 Å². The van der Waals surface area contributed by atoms with Gasteiger partial charge in [0.05, 0.1) is 0 Å². The van der Waals surface area contributed by atoms with Gasteiger partial charge in [-0.05, 0) is 11.6 Å². The largest absolute Gasteiger partial charge is 0.348 e. The van der Waals surface area contributed by atoms with Gasteiger partial charge in [0.1, 0.15) is 11.7 Å². The summed E-state index contributed by atoms with van der Waals surface area (Å²) in [6, 6.07) is 7.68. The van der Waals surface area contributed by atoms with Crippen molar-refractivity contribution in [2.24, 2.45) is 0 Å². The lowest BCUT2D eigenvalue weighted by atomic mass is 10.0. The van der Waals surface area contributed by atoms with Crippen molar-refractivity contribution in [1.29, 1.82) is 0 Å². The van der Waals surface area contributed by atoms with Crippen molar-refractivity contribution < 1.29 is 4.79 Å². The highest BCUT2D eigenvalue weighted by atomic mass is 16.2. The number of hydrogen-bond acceptors (Lipinski definition) is 2. The second kappa shape index (κ2) is 2.95. The maximum absolute atomic E-state index is 11.8.